The molecule has 84 valence electrons. The highest BCUT2D eigenvalue weighted by molar-refractivity contribution is 5.77. The van der Waals surface area contributed by atoms with E-state index < -0.39 is 6.29 Å². The van der Waals surface area contributed by atoms with Gasteiger partial charge in [-0.15, -0.1) is 0 Å². The number of carbonyl (C=O) groups is 1. The van der Waals surface area contributed by atoms with Crippen molar-refractivity contribution in [3.05, 3.63) is 0 Å². The van der Waals surface area contributed by atoms with E-state index in [4.69, 9.17) is 9.47 Å². The molecule has 1 heterocycles. The fourth-order valence-electron chi connectivity index (χ4n) is 3.75. The second-order valence-corrected chi connectivity index (χ2v) is 5.05. The lowest BCUT2D eigenvalue weighted by Gasteiger charge is -2.30. The lowest BCUT2D eigenvalue weighted by atomic mass is 9.80. The Bertz CT molecular complexity index is 301. The van der Waals surface area contributed by atoms with Crippen LogP contribution in [0.1, 0.15) is 20.3 Å². The van der Waals surface area contributed by atoms with E-state index >= 15 is 0 Å². The van der Waals surface area contributed by atoms with Gasteiger partial charge in [-0.1, -0.05) is 6.92 Å². The number of esters is 1. The molecule has 15 heavy (non-hydrogen) atoms. The SMILES string of the molecule is CC(O)OC1C2CC3C1OC(=O)C3C2C. The maximum absolute atomic E-state index is 11.6. The average Bonchev–Trinajstić information content (AvgIpc) is 2.69. The molecule has 1 aliphatic heterocycles. The predicted molar refractivity (Wildman–Crippen MR) is 50.7 cm³/mol. The smallest absolute Gasteiger partial charge is 0.310 e. The van der Waals surface area contributed by atoms with Gasteiger partial charge in [0.25, 0.3) is 0 Å². The van der Waals surface area contributed by atoms with Gasteiger partial charge in [0.15, 0.2) is 6.29 Å². The lowest BCUT2D eigenvalue weighted by molar-refractivity contribution is -0.173. The summed E-state index contributed by atoms with van der Waals surface area (Å²) in [5, 5.41) is 9.26. The molecule has 0 amide bonds. The van der Waals surface area contributed by atoms with Crippen molar-refractivity contribution in [1.29, 1.82) is 0 Å². The standard InChI is InChI=1S/C11H16O4/c1-4-6-3-7-8(4)11(13)15-10(7)9(6)14-5(2)12/h4-10,12H,3H2,1-2H3. The summed E-state index contributed by atoms with van der Waals surface area (Å²) in [7, 11) is 0. The Morgan fingerprint density at radius 1 is 1.53 bits per heavy atom. The van der Waals surface area contributed by atoms with Crippen LogP contribution in [-0.4, -0.2) is 29.6 Å². The monoisotopic (exact) mass is 212 g/mol. The summed E-state index contributed by atoms with van der Waals surface area (Å²) in [5.74, 6) is 1.09. The minimum absolute atomic E-state index is 0.0586. The van der Waals surface area contributed by atoms with Crippen LogP contribution in [0.15, 0.2) is 0 Å². The molecule has 0 radical (unpaired) electrons. The number of hydrogen-bond donors (Lipinski definition) is 1. The van der Waals surface area contributed by atoms with Crippen LogP contribution >= 0.6 is 0 Å². The van der Waals surface area contributed by atoms with Gasteiger partial charge in [0.1, 0.15) is 12.2 Å². The molecule has 2 saturated carbocycles. The van der Waals surface area contributed by atoms with Crippen molar-refractivity contribution in [3.8, 4) is 0 Å². The number of hydrogen-bond acceptors (Lipinski definition) is 4. The summed E-state index contributed by atoms with van der Waals surface area (Å²) in [6, 6.07) is 0. The molecule has 7 atom stereocenters. The van der Waals surface area contributed by atoms with E-state index in [0.717, 1.165) is 6.42 Å². The van der Waals surface area contributed by atoms with Crippen molar-refractivity contribution in [2.75, 3.05) is 0 Å². The van der Waals surface area contributed by atoms with E-state index in [9.17, 15) is 9.90 Å². The molecule has 0 aromatic carbocycles. The highest BCUT2D eigenvalue weighted by atomic mass is 16.6. The summed E-state index contributed by atoms with van der Waals surface area (Å²) in [4.78, 5) is 11.6. The molecule has 2 bridgehead atoms. The second kappa shape index (κ2) is 2.95. The van der Waals surface area contributed by atoms with E-state index in [1.807, 2.05) is 0 Å². The fraction of sp³-hybridized carbons (Fsp3) is 0.909. The van der Waals surface area contributed by atoms with Gasteiger partial charge < -0.3 is 14.6 Å². The number of aliphatic hydroxyl groups excluding tert-OH is 1. The van der Waals surface area contributed by atoms with Crippen molar-refractivity contribution in [2.45, 2.75) is 38.8 Å². The largest absolute Gasteiger partial charge is 0.459 e. The van der Waals surface area contributed by atoms with Crippen LogP contribution in [0.25, 0.3) is 0 Å². The van der Waals surface area contributed by atoms with Gasteiger partial charge in [-0.2, -0.15) is 0 Å². The fourth-order valence-corrected chi connectivity index (χ4v) is 3.75. The van der Waals surface area contributed by atoms with Crippen LogP contribution in [0.3, 0.4) is 0 Å². The number of fused-ring (bicyclic) bond motifs is 1. The van der Waals surface area contributed by atoms with E-state index in [1.165, 1.54) is 0 Å². The van der Waals surface area contributed by atoms with Crippen molar-refractivity contribution >= 4 is 5.97 Å². The molecule has 3 fully saturated rings. The van der Waals surface area contributed by atoms with E-state index in [0.29, 0.717) is 17.8 Å². The van der Waals surface area contributed by atoms with Gasteiger partial charge in [-0.05, 0) is 25.2 Å². The molecule has 3 rings (SSSR count). The molecule has 3 aliphatic rings. The maximum Gasteiger partial charge on any atom is 0.310 e. The zero-order valence-corrected chi connectivity index (χ0v) is 8.92. The Morgan fingerprint density at radius 3 is 2.93 bits per heavy atom. The topological polar surface area (TPSA) is 55.8 Å². The summed E-state index contributed by atoms with van der Waals surface area (Å²) in [5.41, 5.74) is 0. The molecule has 0 aromatic heterocycles. The van der Waals surface area contributed by atoms with Gasteiger partial charge in [-0.25, -0.2) is 0 Å². The Kier molecular flexibility index (Phi) is 1.89. The molecule has 4 heteroatoms. The first-order chi connectivity index (χ1) is 7.09. The lowest BCUT2D eigenvalue weighted by Crippen LogP contribution is -2.40. The summed E-state index contributed by atoms with van der Waals surface area (Å²) >= 11 is 0. The van der Waals surface area contributed by atoms with Crippen LogP contribution in [0.5, 0.6) is 0 Å². The first-order valence-electron chi connectivity index (χ1n) is 5.63. The zero-order chi connectivity index (χ0) is 10.7. The molecule has 4 nitrogen and oxygen atoms in total. The summed E-state index contributed by atoms with van der Waals surface area (Å²) in [6.45, 7) is 3.70. The van der Waals surface area contributed by atoms with Crippen LogP contribution < -0.4 is 0 Å². The third-order valence-corrected chi connectivity index (χ3v) is 4.29. The van der Waals surface area contributed by atoms with Crippen molar-refractivity contribution in [2.24, 2.45) is 23.7 Å². The highest BCUT2D eigenvalue weighted by Gasteiger charge is 2.65. The van der Waals surface area contributed by atoms with Gasteiger partial charge in [0.05, 0.1) is 5.92 Å². The molecule has 0 aromatic rings. The Labute approximate surface area is 88.6 Å². The number of rotatable bonds is 2. The first kappa shape index (κ1) is 9.60. The first-order valence-corrected chi connectivity index (χ1v) is 5.63. The summed E-state index contributed by atoms with van der Waals surface area (Å²) in [6.07, 6.45) is 0.0462. The maximum atomic E-state index is 11.6. The second-order valence-electron chi connectivity index (χ2n) is 5.05. The van der Waals surface area contributed by atoms with Crippen LogP contribution in [0.4, 0.5) is 0 Å². The quantitative estimate of drug-likeness (QED) is 0.536. The predicted octanol–water partition coefficient (Wildman–Crippen LogP) is 0.537. The molecule has 1 saturated heterocycles. The molecule has 2 aliphatic carbocycles. The Morgan fingerprint density at radius 2 is 2.27 bits per heavy atom. The minimum atomic E-state index is -0.778. The van der Waals surface area contributed by atoms with Gasteiger partial charge in [-0.3, -0.25) is 4.79 Å². The van der Waals surface area contributed by atoms with Gasteiger partial charge in [0.2, 0.25) is 0 Å². The molecular weight excluding hydrogens is 196 g/mol. The number of ether oxygens (including phenoxy) is 2. The van der Waals surface area contributed by atoms with Crippen LogP contribution in [-0.2, 0) is 14.3 Å². The minimum Gasteiger partial charge on any atom is -0.459 e. The van der Waals surface area contributed by atoms with Crippen LogP contribution in [0.2, 0.25) is 0 Å². The van der Waals surface area contributed by atoms with Crippen LogP contribution in [0, 0.1) is 23.7 Å². The van der Waals surface area contributed by atoms with Crippen molar-refractivity contribution in [1.82, 2.24) is 0 Å². The molecular formula is C11H16O4. The zero-order valence-electron chi connectivity index (χ0n) is 8.92. The molecule has 0 spiro atoms. The molecule has 7 unspecified atom stereocenters. The molecule has 1 N–H and O–H groups in total. The third-order valence-electron chi connectivity index (χ3n) is 4.29. The van der Waals surface area contributed by atoms with E-state index in [-0.39, 0.29) is 24.1 Å². The number of aliphatic hydroxyl groups is 1. The van der Waals surface area contributed by atoms with Crippen molar-refractivity contribution in [3.63, 3.8) is 0 Å². The van der Waals surface area contributed by atoms with Gasteiger partial charge in [0, 0.05) is 5.92 Å². The Hall–Kier alpha value is -0.610. The summed E-state index contributed by atoms with van der Waals surface area (Å²) < 4.78 is 10.8. The Balaban J connectivity index is 1.87. The number of carbonyl (C=O) groups excluding carboxylic acids is 1. The van der Waals surface area contributed by atoms with E-state index in [1.54, 1.807) is 6.92 Å². The third kappa shape index (κ3) is 1.12. The van der Waals surface area contributed by atoms with E-state index in [2.05, 4.69) is 6.92 Å². The normalized spacial score (nSPS) is 53.4. The van der Waals surface area contributed by atoms with Gasteiger partial charge >= 0.3 is 5.97 Å². The highest BCUT2D eigenvalue weighted by Crippen LogP contribution is 2.58. The average molecular weight is 212 g/mol. The van der Waals surface area contributed by atoms with Crippen molar-refractivity contribution < 1.29 is 19.4 Å².